The summed E-state index contributed by atoms with van der Waals surface area (Å²) in [5.41, 5.74) is 1.88. The van der Waals surface area contributed by atoms with Gasteiger partial charge >= 0.3 is 0 Å². The number of methoxy groups -OCH3 is 1. The average Bonchev–Trinajstić information content (AvgIpc) is 2.43. The van der Waals surface area contributed by atoms with Crippen molar-refractivity contribution in [2.45, 2.75) is 19.5 Å². The summed E-state index contributed by atoms with van der Waals surface area (Å²) in [7, 11) is 1.65. The van der Waals surface area contributed by atoms with E-state index in [1.54, 1.807) is 13.2 Å². The van der Waals surface area contributed by atoms with Gasteiger partial charge in [0.2, 0.25) is 0 Å². The van der Waals surface area contributed by atoms with Crippen molar-refractivity contribution in [3.8, 4) is 5.75 Å². The van der Waals surface area contributed by atoms with Crippen molar-refractivity contribution in [3.63, 3.8) is 0 Å². The molecule has 20 heavy (non-hydrogen) atoms. The van der Waals surface area contributed by atoms with E-state index in [9.17, 15) is 4.39 Å². The van der Waals surface area contributed by atoms with Crippen LogP contribution in [-0.2, 0) is 6.54 Å². The number of rotatable bonds is 5. The van der Waals surface area contributed by atoms with Gasteiger partial charge in [-0.05, 0) is 36.8 Å². The Bertz CT molecular complexity index is 568. The molecule has 0 spiro atoms. The fourth-order valence-electron chi connectivity index (χ4n) is 2.12. The molecule has 0 saturated carbocycles. The Labute approximate surface area is 123 Å². The van der Waals surface area contributed by atoms with E-state index in [0.29, 0.717) is 11.6 Å². The van der Waals surface area contributed by atoms with E-state index in [1.165, 1.54) is 12.1 Å². The quantitative estimate of drug-likeness (QED) is 0.885. The number of para-hydroxylation sites is 1. The monoisotopic (exact) mass is 293 g/mol. The zero-order valence-corrected chi connectivity index (χ0v) is 12.2. The maximum absolute atomic E-state index is 13.3. The van der Waals surface area contributed by atoms with Gasteiger partial charge in [0.25, 0.3) is 0 Å². The molecule has 2 rings (SSSR count). The predicted molar refractivity (Wildman–Crippen MR) is 79.7 cm³/mol. The molecule has 0 heterocycles. The van der Waals surface area contributed by atoms with Gasteiger partial charge in [-0.15, -0.1) is 0 Å². The molecule has 0 aliphatic carbocycles. The van der Waals surface area contributed by atoms with Crippen LogP contribution in [0, 0.1) is 5.82 Å². The van der Waals surface area contributed by atoms with E-state index in [0.717, 1.165) is 16.9 Å². The highest BCUT2D eigenvalue weighted by Gasteiger charge is 2.10. The first-order valence-corrected chi connectivity index (χ1v) is 6.79. The highest BCUT2D eigenvalue weighted by Crippen LogP contribution is 2.24. The van der Waals surface area contributed by atoms with Crippen molar-refractivity contribution >= 4 is 11.6 Å². The van der Waals surface area contributed by atoms with E-state index in [-0.39, 0.29) is 11.9 Å². The van der Waals surface area contributed by atoms with Crippen molar-refractivity contribution in [1.82, 2.24) is 5.32 Å². The van der Waals surface area contributed by atoms with Gasteiger partial charge in [-0.25, -0.2) is 4.39 Å². The topological polar surface area (TPSA) is 21.3 Å². The van der Waals surface area contributed by atoms with Gasteiger partial charge in [0.1, 0.15) is 11.6 Å². The molecular weight excluding hydrogens is 277 g/mol. The largest absolute Gasteiger partial charge is 0.496 e. The fourth-order valence-corrected chi connectivity index (χ4v) is 2.36. The van der Waals surface area contributed by atoms with Crippen molar-refractivity contribution in [2.24, 2.45) is 0 Å². The molecule has 1 unspecified atom stereocenters. The molecule has 1 atom stereocenters. The van der Waals surface area contributed by atoms with E-state index < -0.39 is 0 Å². The standard InChI is InChI=1S/C16H17ClFNO/c1-11(15-5-3-4-6-16(15)20-2)19-10-12-7-13(17)9-14(18)8-12/h3-9,11,19H,10H2,1-2H3. The molecule has 106 valence electrons. The Morgan fingerprint density at radius 2 is 2.00 bits per heavy atom. The molecule has 0 aliphatic heterocycles. The maximum atomic E-state index is 13.3. The second kappa shape index (κ2) is 6.73. The molecule has 0 saturated heterocycles. The molecule has 2 aromatic rings. The first-order valence-electron chi connectivity index (χ1n) is 6.41. The molecule has 0 radical (unpaired) electrons. The van der Waals surface area contributed by atoms with Crippen LogP contribution in [0.15, 0.2) is 42.5 Å². The lowest BCUT2D eigenvalue weighted by atomic mass is 10.1. The first-order chi connectivity index (χ1) is 9.60. The van der Waals surface area contributed by atoms with Gasteiger partial charge in [-0.1, -0.05) is 29.8 Å². The minimum atomic E-state index is -0.320. The minimum absolute atomic E-state index is 0.0909. The summed E-state index contributed by atoms with van der Waals surface area (Å²) in [6.45, 7) is 2.58. The van der Waals surface area contributed by atoms with Crippen molar-refractivity contribution < 1.29 is 9.13 Å². The van der Waals surface area contributed by atoms with Crippen LogP contribution < -0.4 is 10.1 Å². The van der Waals surface area contributed by atoms with Gasteiger partial charge in [-0.2, -0.15) is 0 Å². The second-order valence-electron chi connectivity index (χ2n) is 4.62. The van der Waals surface area contributed by atoms with Crippen LogP contribution in [0.1, 0.15) is 24.1 Å². The van der Waals surface area contributed by atoms with Crippen LogP contribution in [0.4, 0.5) is 4.39 Å². The van der Waals surface area contributed by atoms with Crippen molar-refractivity contribution in [2.75, 3.05) is 7.11 Å². The van der Waals surface area contributed by atoms with Crippen molar-refractivity contribution in [3.05, 3.63) is 64.4 Å². The third-order valence-corrected chi connectivity index (χ3v) is 3.36. The van der Waals surface area contributed by atoms with Crippen LogP contribution in [0.3, 0.4) is 0 Å². The van der Waals surface area contributed by atoms with Gasteiger partial charge in [0.15, 0.2) is 0 Å². The summed E-state index contributed by atoms with van der Waals surface area (Å²) in [6, 6.07) is 12.5. The summed E-state index contributed by atoms with van der Waals surface area (Å²) in [5.74, 6) is 0.518. The van der Waals surface area contributed by atoms with Gasteiger partial charge < -0.3 is 10.1 Å². The maximum Gasteiger partial charge on any atom is 0.125 e. The summed E-state index contributed by atoms with van der Waals surface area (Å²) in [6.07, 6.45) is 0. The van der Waals surface area contributed by atoms with Crippen LogP contribution in [0.2, 0.25) is 5.02 Å². The van der Waals surface area contributed by atoms with E-state index in [4.69, 9.17) is 16.3 Å². The molecule has 2 aromatic carbocycles. The number of hydrogen-bond donors (Lipinski definition) is 1. The lowest BCUT2D eigenvalue weighted by Crippen LogP contribution is -2.18. The lowest BCUT2D eigenvalue weighted by molar-refractivity contribution is 0.401. The number of halogens is 2. The van der Waals surface area contributed by atoms with Crippen molar-refractivity contribution in [1.29, 1.82) is 0 Å². The zero-order chi connectivity index (χ0) is 14.5. The summed E-state index contributed by atoms with van der Waals surface area (Å²) >= 11 is 5.84. The van der Waals surface area contributed by atoms with Crippen LogP contribution in [0.5, 0.6) is 5.75 Å². The third kappa shape index (κ3) is 3.71. The summed E-state index contributed by atoms with van der Waals surface area (Å²) in [5, 5.41) is 3.75. The Morgan fingerprint density at radius 3 is 2.70 bits per heavy atom. The van der Waals surface area contributed by atoms with Crippen LogP contribution >= 0.6 is 11.6 Å². The summed E-state index contributed by atoms with van der Waals surface area (Å²) in [4.78, 5) is 0. The molecule has 2 nitrogen and oxygen atoms in total. The highest BCUT2D eigenvalue weighted by atomic mass is 35.5. The van der Waals surface area contributed by atoms with Crippen LogP contribution in [0.25, 0.3) is 0 Å². The molecule has 0 amide bonds. The fraction of sp³-hybridized carbons (Fsp3) is 0.250. The molecule has 0 aliphatic rings. The smallest absolute Gasteiger partial charge is 0.125 e. The van der Waals surface area contributed by atoms with E-state index in [2.05, 4.69) is 5.32 Å². The van der Waals surface area contributed by atoms with Gasteiger partial charge in [0, 0.05) is 23.2 Å². The highest BCUT2D eigenvalue weighted by molar-refractivity contribution is 6.30. The van der Waals surface area contributed by atoms with Gasteiger partial charge in [-0.3, -0.25) is 0 Å². The van der Waals surface area contributed by atoms with E-state index in [1.807, 2.05) is 31.2 Å². The third-order valence-electron chi connectivity index (χ3n) is 3.14. The molecule has 0 bridgehead atoms. The summed E-state index contributed by atoms with van der Waals surface area (Å²) < 4.78 is 18.6. The second-order valence-corrected chi connectivity index (χ2v) is 5.06. The normalized spacial score (nSPS) is 12.2. The lowest BCUT2D eigenvalue weighted by Gasteiger charge is -2.17. The van der Waals surface area contributed by atoms with Crippen LogP contribution in [-0.4, -0.2) is 7.11 Å². The molecule has 4 heteroatoms. The molecule has 0 aromatic heterocycles. The average molecular weight is 294 g/mol. The molecule has 1 N–H and O–H groups in total. The Balaban J connectivity index is 2.06. The number of nitrogens with one attached hydrogen (secondary N) is 1. The zero-order valence-electron chi connectivity index (χ0n) is 11.5. The SMILES string of the molecule is COc1ccccc1C(C)NCc1cc(F)cc(Cl)c1. The number of hydrogen-bond acceptors (Lipinski definition) is 2. The van der Waals surface area contributed by atoms with E-state index >= 15 is 0 Å². The predicted octanol–water partition coefficient (Wildman–Crippen LogP) is 4.34. The molecule has 0 fully saturated rings. The Hall–Kier alpha value is -1.58. The molecular formula is C16H17ClFNO. The minimum Gasteiger partial charge on any atom is -0.496 e. The first kappa shape index (κ1) is 14.8. The Kier molecular flexibility index (Phi) is 4.99. The van der Waals surface area contributed by atoms with Gasteiger partial charge in [0.05, 0.1) is 7.11 Å². The number of benzene rings is 2. The number of ether oxygens (including phenoxy) is 1. The Morgan fingerprint density at radius 1 is 1.25 bits per heavy atom.